The summed E-state index contributed by atoms with van der Waals surface area (Å²) in [6, 6.07) is 0.252. The summed E-state index contributed by atoms with van der Waals surface area (Å²) in [6.07, 6.45) is -8.40. The minimum atomic E-state index is -5.15. The zero-order valence-corrected chi connectivity index (χ0v) is 8.39. The van der Waals surface area contributed by atoms with Gasteiger partial charge in [0.05, 0.1) is 5.02 Å². The summed E-state index contributed by atoms with van der Waals surface area (Å²) in [4.78, 5) is 11.5. The smallest absolute Gasteiger partial charge is 0.358 e. The molecule has 1 rings (SSSR count). The van der Waals surface area contributed by atoms with Gasteiger partial charge in [-0.1, -0.05) is 11.6 Å². The molecular formula is C7H2ClF5N2O2. The van der Waals surface area contributed by atoms with E-state index in [0.29, 0.717) is 0 Å². The zero-order chi connectivity index (χ0) is 13.4. The maximum Gasteiger partial charge on any atom is 0.426 e. The Morgan fingerprint density at radius 2 is 1.94 bits per heavy atom. The Kier molecular flexibility index (Phi) is 3.51. The van der Waals surface area contributed by atoms with Crippen LogP contribution in [0.3, 0.4) is 0 Å². The molecule has 0 aliphatic rings. The van der Waals surface area contributed by atoms with Gasteiger partial charge < -0.3 is 10.1 Å². The Morgan fingerprint density at radius 1 is 1.41 bits per heavy atom. The Hall–Kier alpha value is -1.51. The lowest BCUT2D eigenvalue weighted by molar-refractivity contribution is -0.393. The Bertz CT molecular complexity index is 462. The number of alkyl halides is 5. The third kappa shape index (κ3) is 2.78. The number of hydrogen-bond acceptors (Lipinski definition) is 3. The van der Waals surface area contributed by atoms with E-state index in [0.717, 1.165) is 0 Å². The summed E-state index contributed by atoms with van der Waals surface area (Å²) in [5, 5.41) is 9.15. The van der Waals surface area contributed by atoms with E-state index >= 15 is 0 Å². The van der Waals surface area contributed by atoms with Gasteiger partial charge in [0.25, 0.3) is 0 Å². The van der Waals surface area contributed by atoms with Crippen molar-refractivity contribution in [2.75, 3.05) is 0 Å². The van der Waals surface area contributed by atoms with Crippen LogP contribution in [0.1, 0.15) is 17.7 Å². The van der Waals surface area contributed by atoms with E-state index in [1.807, 2.05) is 0 Å². The van der Waals surface area contributed by atoms with Gasteiger partial charge in [0.1, 0.15) is 0 Å². The van der Waals surface area contributed by atoms with Crippen molar-refractivity contribution in [2.45, 2.75) is 12.6 Å². The van der Waals surface area contributed by atoms with Gasteiger partial charge in [-0.3, -0.25) is 0 Å². The predicted octanol–water partition coefficient (Wildman–Crippen LogP) is 3.60. The molecule has 0 N–H and O–H groups in total. The van der Waals surface area contributed by atoms with Gasteiger partial charge in [-0.25, -0.2) is 8.78 Å². The number of nitrogens with zero attached hydrogens (tertiary/aromatic N) is 2. The summed E-state index contributed by atoms with van der Waals surface area (Å²) in [5.41, 5.74) is -3.02. The SMILES string of the molecule is O=[N+]([O-])c1nc(C(F)F)cc(Cl)c1C(F)(F)F. The maximum absolute atomic E-state index is 12.4. The lowest BCUT2D eigenvalue weighted by Crippen LogP contribution is -2.12. The van der Waals surface area contributed by atoms with Gasteiger partial charge in [-0.15, -0.1) is 0 Å². The van der Waals surface area contributed by atoms with E-state index in [-0.39, 0.29) is 6.07 Å². The molecule has 0 aromatic carbocycles. The molecule has 0 saturated carbocycles. The van der Waals surface area contributed by atoms with Crippen LogP contribution in [0.2, 0.25) is 5.02 Å². The second-order valence-corrected chi connectivity index (χ2v) is 3.19. The largest absolute Gasteiger partial charge is 0.426 e. The first-order valence-electron chi connectivity index (χ1n) is 3.84. The van der Waals surface area contributed by atoms with Crippen LogP contribution in [0.4, 0.5) is 27.8 Å². The van der Waals surface area contributed by atoms with E-state index in [1.54, 1.807) is 0 Å². The lowest BCUT2D eigenvalue weighted by Gasteiger charge is -2.09. The van der Waals surface area contributed by atoms with Crippen molar-refractivity contribution < 1.29 is 26.9 Å². The van der Waals surface area contributed by atoms with Crippen molar-refractivity contribution in [3.63, 3.8) is 0 Å². The number of pyridine rings is 1. The third-order valence-corrected chi connectivity index (χ3v) is 1.95. The molecule has 10 heteroatoms. The minimum absolute atomic E-state index is 0.252. The highest BCUT2D eigenvalue weighted by Gasteiger charge is 2.43. The molecule has 0 spiro atoms. The maximum atomic E-state index is 12.4. The normalized spacial score (nSPS) is 11.9. The molecule has 17 heavy (non-hydrogen) atoms. The zero-order valence-electron chi connectivity index (χ0n) is 7.63. The average Bonchev–Trinajstić information content (AvgIpc) is 2.13. The van der Waals surface area contributed by atoms with Crippen LogP contribution in [0.5, 0.6) is 0 Å². The Morgan fingerprint density at radius 3 is 2.29 bits per heavy atom. The summed E-state index contributed by atoms with van der Waals surface area (Å²) in [6.45, 7) is 0. The van der Waals surface area contributed by atoms with Crippen LogP contribution in [-0.2, 0) is 6.18 Å². The Labute approximate surface area is 95.2 Å². The topological polar surface area (TPSA) is 56.0 Å². The number of halogens is 6. The van der Waals surface area contributed by atoms with E-state index in [2.05, 4.69) is 4.98 Å². The van der Waals surface area contributed by atoms with Crippen LogP contribution < -0.4 is 0 Å². The summed E-state index contributed by atoms with van der Waals surface area (Å²) < 4.78 is 61.5. The van der Waals surface area contributed by atoms with E-state index < -0.39 is 39.6 Å². The average molecular weight is 277 g/mol. The van der Waals surface area contributed by atoms with Crippen molar-refractivity contribution in [1.29, 1.82) is 0 Å². The van der Waals surface area contributed by atoms with Crippen molar-refractivity contribution in [2.24, 2.45) is 0 Å². The van der Waals surface area contributed by atoms with Gasteiger partial charge in [-0.05, 0) is 9.91 Å². The second kappa shape index (κ2) is 4.40. The standard InChI is InChI=1S/C7H2ClF5N2O2/c8-2-1-3(5(9)10)14-6(15(16)17)4(2)7(11,12)13/h1,5H. The fourth-order valence-electron chi connectivity index (χ4n) is 1.03. The molecule has 0 radical (unpaired) electrons. The van der Waals surface area contributed by atoms with Gasteiger partial charge in [0.2, 0.25) is 5.69 Å². The first-order chi connectivity index (χ1) is 7.64. The minimum Gasteiger partial charge on any atom is -0.358 e. The van der Waals surface area contributed by atoms with E-state index in [9.17, 15) is 32.1 Å². The fraction of sp³-hybridized carbons (Fsp3) is 0.286. The first-order valence-corrected chi connectivity index (χ1v) is 4.22. The van der Waals surface area contributed by atoms with E-state index in [1.165, 1.54) is 0 Å². The molecule has 0 amide bonds. The first kappa shape index (κ1) is 13.6. The molecule has 0 aliphatic heterocycles. The lowest BCUT2D eigenvalue weighted by atomic mass is 10.2. The quantitative estimate of drug-likeness (QED) is 0.471. The van der Waals surface area contributed by atoms with Crippen molar-refractivity contribution in [3.05, 3.63) is 32.5 Å². The molecule has 1 aromatic rings. The van der Waals surface area contributed by atoms with Gasteiger partial charge in [-0.2, -0.15) is 13.2 Å². The molecule has 0 aliphatic carbocycles. The summed E-state index contributed by atoms with van der Waals surface area (Å²) in [5.74, 6) is -1.74. The molecule has 4 nitrogen and oxygen atoms in total. The monoisotopic (exact) mass is 276 g/mol. The van der Waals surface area contributed by atoms with Crippen molar-refractivity contribution in [3.8, 4) is 0 Å². The highest BCUT2D eigenvalue weighted by atomic mass is 35.5. The molecule has 0 unspecified atom stereocenters. The van der Waals surface area contributed by atoms with Crippen molar-refractivity contribution in [1.82, 2.24) is 4.98 Å². The van der Waals surface area contributed by atoms with Crippen LogP contribution in [-0.4, -0.2) is 9.91 Å². The molecule has 0 bridgehead atoms. The van der Waals surface area contributed by atoms with E-state index in [4.69, 9.17) is 11.6 Å². The number of aromatic nitrogens is 1. The molecule has 1 heterocycles. The molecule has 0 atom stereocenters. The van der Waals surface area contributed by atoms with Crippen molar-refractivity contribution >= 4 is 17.4 Å². The van der Waals surface area contributed by atoms with Crippen LogP contribution in [0.15, 0.2) is 6.07 Å². The second-order valence-electron chi connectivity index (χ2n) is 2.78. The van der Waals surface area contributed by atoms with Crippen LogP contribution in [0.25, 0.3) is 0 Å². The highest BCUT2D eigenvalue weighted by Crippen LogP contribution is 2.41. The highest BCUT2D eigenvalue weighted by molar-refractivity contribution is 6.31. The van der Waals surface area contributed by atoms with Crippen LogP contribution in [0, 0.1) is 10.1 Å². The molecule has 0 saturated heterocycles. The molecule has 1 aromatic heterocycles. The number of nitro groups is 1. The van der Waals surface area contributed by atoms with Gasteiger partial charge in [0, 0.05) is 6.07 Å². The fourth-order valence-corrected chi connectivity index (χ4v) is 1.33. The summed E-state index contributed by atoms with van der Waals surface area (Å²) in [7, 11) is 0. The number of rotatable bonds is 2. The number of hydrogen-bond donors (Lipinski definition) is 0. The Balaban J connectivity index is 3.56. The molecule has 0 fully saturated rings. The molecular weight excluding hydrogens is 275 g/mol. The van der Waals surface area contributed by atoms with Gasteiger partial charge in [0.15, 0.2) is 5.56 Å². The predicted molar refractivity (Wildman–Crippen MR) is 45.9 cm³/mol. The van der Waals surface area contributed by atoms with Gasteiger partial charge >= 0.3 is 18.4 Å². The molecule has 94 valence electrons. The van der Waals surface area contributed by atoms with Crippen LogP contribution >= 0.6 is 11.6 Å². The third-order valence-electron chi connectivity index (χ3n) is 1.65. The summed E-state index contributed by atoms with van der Waals surface area (Å²) >= 11 is 5.11.